The lowest BCUT2D eigenvalue weighted by Crippen LogP contribution is -1.98. The van der Waals surface area contributed by atoms with Gasteiger partial charge in [-0.25, -0.2) is 19.9 Å². The van der Waals surface area contributed by atoms with Gasteiger partial charge in [0, 0.05) is 33.6 Å². The number of nitrogen functional groups attached to an aromatic ring is 2. The van der Waals surface area contributed by atoms with Crippen LogP contribution in [0.1, 0.15) is 11.1 Å². The van der Waals surface area contributed by atoms with Gasteiger partial charge in [0.2, 0.25) is 0 Å². The van der Waals surface area contributed by atoms with Gasteiger partial charge in [0.15, 0.2) is 0 Å². The Balaban J connectivity index is 1.19. The lowest BCUT2D eigenvalue weighted by atomic mass is 10.0. The van der Waals surface area contributed by atoms with Crippen LogP contribution in [-0.4, -0.2) is 19.9 Å². The molecule has 0 unspecified atom stereocenters. The fraction of sp³-hybridized carbons (Fsp3) is 0.0244. The van der Waals surface area contributed by atoms with Crippen LogP contribution in [0.15, 0.2) is 146 Å². The van der Waals surface area contributed by atoms with Crippen molar-refractivity contribution in [3.63, 3.8) is 0 Å². The highest BCUT2D eigenvalue weighted by Crippen LogP contribution is 2.34. The van der Waals surface area contributed by atoms with Gasteiger partial charge in [-0.05, 0) is 66.1 Å². The predicted octanol–water partition coefficient (Wildman–Crippen LogP) is 9.00. The Labute approximate surface area is 272 Å². The van der Waals surface area contributed by atoms with Gasteiger partial charge >= 0.3 is 0 Å². The molecule has 6 aromatic carbocycles. The van der Waals surface area contributed by atoms with E-state index in [1.165, 1.54) is 0 Å². The third-order valence-electron chi connectivity index (χ3n) is 8.33. The van der Waals surface area contributed by atoms with Crippen LogP contribution in [0.2, 0.25) is 0 Å². The summed E-state index contributed by atoms with van der Waals surface area (Å²) in [5, 5.41) is 0. The molecule has 6 nitrogen and oxygen atoms in total. The summed E-state index contributed by atoms with van der Waals surface area (Å²) in [7, 11) is 0. The van der Waals surface area contributed by atoms with Gasteiger partial charge in [0.05, 0.1) is 44.8 Å². The Morgan fingerprint density at radius 2 is 0.681 bits per heavy atom. The summed E-state index contributed by atoms with van der Waals surface area (Å²) in [6.07, 6.45) is 0.713. The lowest BCUT2D eigenvalue weighted by Gasteiger charge is -2.13. The third kappa shape index (κ3) is 5.64. The molecule has 6 heteroatoms. The molecule has 0 bridgehead atoms. The number of nitrogens with two attached hydrogens (primary N) is 2. The van der Waals surface area contributed by atoms with E-state index in [1.807, 2.05) is 84.9 Å². The van der Waals surface area contributed by atoms with Gasteiger partial charge in [-0.3, -0.25) is 0 Å². The minimum Gasteiger partial charge on any atom is -0.399 e. The Bertz CT molecular complexity index is 2200. The van der Waals surface area contributed by atoms with Crippen LogP contribution in [0.4, 0.5) is 11.4 Å². The van der Waals surface area contributed by atoms with Gasteiger partial charge in [-0.2, -0.15) is 0 Å². The van der Waals surface area contributed by atoms with E-state index in [4.69, 9.17) is 31.4 Å². The molecule has 0 saturated heterocycles. The molecule has 8 rings (SSSR count). The van der Waals surface area contributed by atoms with Crippen LogP contribution in [0.25, 0.3) is 67.1 Å². The number of nitrogens with zero attached hydrogens (tertiary/aromatic N) is 4. The molecule has 0 aliphatic heterocycles. The lowest BCUT2D eigenvalue weighted by molar-refractivity contribution is 1.18. The second kappa shape index (κ2) is 11.8. The molecule has 47 heavy (non-hydrogen) atoms. The molecule has 0 saturated carbocycles. The maximum atomic E-state index is 6.00. The van der Waals surface area contributed by atoms with E-state index in [2.05, 4.69) is 60.7 Å². The monoisotopic (exact) mass is 606 g/mol. The van der Waals surface area contributed by atoms with Crippen LogP contribution in [0.3, 0.4) is 0 Å². The van der Waals surface area contributed by atoms with Crippen LogP contribution < -0.4 is 11.5 Å². The SMILES string of the molecule is Nc1ccc(-c2nc3cc(Cc4ccc5nc(-c6ccccc6)c(-c6ccc(N)cc6)nc5c4)ccc3nc2-c2ccccc2)cc1. The van der Waals surface area contributed by atoms with E-state index in [0.29, 0.717) is 17.8 Å². The summed E-state index contributed by atoms with van der Waals surface area (Å²) in [6.45, 7) is 0. The number of aromatic nitrogens is 4. The molecule has 0 radical (unpaired) electrons. The second-order valence-electron chi connectivity index (χ2n) is 11.6. The van der Waals surface area contributed by atoms with Crippen molar-refractivity contribution in [2.45, 2.75) is 6.42 Å². The van der Waals surface area contributed by atoms with Crippen LogP contribution in [0, 0.1) is 0 Å². The molecular formula is C41H30N6. The van der Waals surface area contributed by atoms with Crippen LogP contribution >= 0.6 is 0 Å². The van der Waals surface area contributed by atoms with Gasteiger partial charge in [-0.15, -0.1) is 0 Å². The molecule has 0 aliphatic carbocycles. The minimum absolute atomic E-state index is 0.711. The molecule has 224 valence electrons. The van der Waals surface area contributed by atoms with Crippen molar-refractivity contribution in [2.24, 2.45) is 0 Å². The number of hydrogen-bond donors (Lipinski definition) is 2. The number of anilines is 2. The smallest absolute Gasteiger partial charge is 0.0973 e. The first-order chi connectivity index (χ1) is 23.1. The van der Waals surface area contributed by atoms with Crippen molar-refractivity contribution in [3.05, 3.63) is 157 Å². The molecule has 0 fully saturated rings. The molecular weight excluding hydrogens is 576 g/mol. The number of hydrogen-bond acceptors (Lipinski definition) is 6. The van der Waals surface area contributed by atoms with E-state index >= 15 is 0 Å². The van der Waals surface area contributed by atoms with E-state index in [1.54, 1.807) is 0 Å². The fourth-order valence-corrected chi connectivity index (χ4v) is 5.93. The summed E-state index contributed by atoms with van der Waals surface area (Å²) in [6, 6.07) is 48.6. The van der Waals surface area contributed by atoms with Crippen molar-refractivity contribution in [1.29, 1.82) is 0 Å². The van der Waals surface area contributed by atoms with Gasteiger partial charge < -0.3 is 11.5 Å². The van der Waals surface area contributed by atoms with Gasteiger partial charge in [-0.1, -0.05) is 97.1 Å². The second-order valence-corrected chi connectivity index (χ2v) is 11.6. The molecule has 0 amide bonds. The Kier molecular flexibility index (Phi) is 7.08. The molecule has 0 spiro atoms. The summed E-state index contributed by atoms with van der Waals surface area (Å²) in [5.74, 6) is 0. The summed E-state index contributed by atoms with van der Waals surface area (Å²) >= 11 is 0. The van der Waals surface area contributed by atoms with Crippen molar-refractivity contribution in [3.8, 4) is 45.0 Å². The Morgan fingerprint density at radius 1 is 0.340 bits per heavy atom. The Morgan fingerprint density at radius 3 is 1.06 bits per heavy atom. The number of fused-ring (bicyclic) bond motifs is 2. The first-order valence-corrected chi connectivity index (χ1v) is 15.5. The zero-order valence-electron chi connectivity index (χ0n) is 25.5. The Hall–Kier alpha value is -6.40. The van der Waals surface area contributed by atoms with Crippen LogP contribution in [-0.2, 0) is 6.42 Å². The quantitative estimate of drug-likeness (QED) is 0.183. The van der Waals surface area contributed by atoms with E-state index in [9.17, 15) is 0 Å². The van der Waals surface area contributed by atoms with Gasteiger partial charge in [0.1, 0.15) is 0 Å². The first-order valence-electron chi connectivity index (χ1n) is 15.5. The topological polar surface area (TPSA) is 104 Å². The highest BCUT2D eigenvalue weighted by atomic mass is 14.8. The summed E-state index contributed by atoms with van der Waals surface area (Å²) < 4.78 is 0. The van der Waals surface area contributed by atoms with Crippen molar-refractivity contribution in [2.75, 3.05) is 11.5 Å². The highest BCUT2D eigenvalue weighted by Gasteiger charge is 2.16. The molecule has 2 heterocycles. The third-order valence-corrected chi connectivity index (χ3v) is 8.33. The maximum absolute atomic E-state index is 6.00. The average Bonchev–Trinajstić information content (AvgIpc) is 3.12. The summed E-state index contributed by atoms with van der Waals surface area (Å²) in [5.41, 5.74) is 26.4. The first kappa shape index (κ1) is 28.1. The van der Waals surface area contributed by atoms with E-state index in [0.717, 1.165) is 78.2 Å². The van der Waals surface area contributed by atoms with Crippen molar-refractivity contribution < 1.29 is 0 Å². The maximum Gasteiger partial charge on any atom is 0.0973 e. The zero-order valence-corrected chi connectivity index (χ0v) is 25.5. The van der Waals surface area contributed by atoms with E-state index in [-0.39, 0.29) is 0 Å². The van der Waals surface area contributed by atoms with Gasteiger partial charge in [0.25, 0.3) is 0 Å². The molecule has 8 aromatic rings. The van der Waals surface area contributed by atoms with Crippen molar-refractivity contribution in [1.82, 2.24) is 19.9 Å². The molecule has 2 aromatic heterocycles. The normalized spacial score (nSPS) is 11.2. The standard InChI is InChI=1S/C41H30N6/c42-32-17-13-30(14-18-32)40-38(28-7-3-1-4-8-28)44-34-21-11-26(24-36(34)46-40)23-27-12-22-35-37(25-27)47-41(31-15-19-33(43)20-16-31)39(45-35)29-9-5-2-6-10-29/h1-22,24-25H,23,42-43H2. The molecule has 0 aliphatic rings. The fourth-order valence-electron chi connectivity index (χ4n) is 5.93. The largest absolute Gasteiger partial charge is 0.399 e. The summed E-state index contributed by atoms with van der Waals surface area (Å²) in [4.78, 5) is 20.5. The average molecular weight is 607 g/mol. The number of benzene rings is 6. The van der Waals surface area contributed by atoms with Crippen molar-refractivity contribution >= 4 is 33.4 Å². The molecule has 0 atom stereocenters. The van der Waals surface area contributed by atoms with E-state index < -0.39 is 0 Å². The molecule has 4 N–H and O–H groups in total. The predicted molar refractivity (Wildman–Crippen MR) is 192 cm³/mol. The van der Waals surface area contributed by atoms with Crippen LogP contribution in [0.5, 0.6) is 0 Å². The minimum atomic E-state index is 0.711. The zero-order chi connectivity index (χ0) is 31.7. The highest BCUT2D eigenvalue weighted by molar-refractivity contribution is 5.88. The number of rotatable bonds is 6.